The highest BCUT2D eigenvalue weighted by molar-refractivity contribution is 5.78. The zero-order chi connectivity index (χ0) is 21.5. The van der Waals surface area contributed by atoms with Gasteiger partial charge in [0.25, 0.3) is 5.91 Å². The van der Waals surface area contributed by atoms with E-state index in [0.717, 1.165) is 48.4 Å². The van der Waals surface area contributed by atoms with Crippen LogP contribution in [0.15, 0.2) is 36.7 Å². The topological polar surface area (TPSA) is 102 Å². The second kappa shape index (κ2) is 10.2. The zero-order valence-electron chi connectivity index (χ0n) is 17.6. The molecule has 1 saturated heterocycles. The number of aryl methyl sites for hydroxylation is 2. The second-order valence-corrected chi connectivity index (χ2v) is 7.68. The number of nitrogens with two attached hydrogens (primary N) is 1. The number of nitrogens with zero attached hydrogens (tertiary/aromatic N) is 4. The summed E-state index contributed by atoms with van der Waals surface area (Å²) in [5, 5.41) is 0. The maximum absolute atomic E-state index is 12.1. The van der Waals surface area contributed by atoms with Gasteiger partial charge in [0.1, 0.15) is 0 Å². The highest BCUT2D eigenvalue weighted by Crippen LogP contribution is 2.22. The molecule has 0 unspecified atom stereocenters. The molecule has 0 spiro atoms. The van der Waals surface area contributed by atoms with E-state index in [1.165, 1.54) is 0 Å². The number of carbonyl (C=O) groups is 2. The average Bonchev–Trinajstić information content (AvgIpc) is 2.74. The van der Waals surface area contributed by atoms with Crippen LogP contribution in [0.1, 0.15) is 35.4 Å². The summed E-state index contributed by atoms with van der Waals surface area (Å²) in [6.45, 7) is 6.35. The largest absolute Gasteiger partial charge is 0.439 e. The van der Waals surface area contributed by atoms with E-state index >= 15 is 0 Å². The Morgan fingerprint density at radius 3 is 2.07 bits per heavy atom. The van der Waals surface area contributed by atoms with Gasteiger partial charge in [-0.1, -0.05) is 12.1 Å². The number of aromatic nitrogens is 2. The van der Waals surface area contributed by atoms with Crippen molar-refractivity contribution in [2.45, 2.75) is 45.8 Å². The smallest absolute Gasteiger partial charge is 0.410 e. The SMILES string of the molecule is Cc1cccnc1CN(Cc1ncccc1C)C1CCN(C(=O)OCC(N)=O)CC1. The summed E-state index contributed by atoms with van der Waals surface area (Å²) >= 11 is 0. The maximum atomic E-state index is 12.1. The number of ether oxygens (including phenoxy) is 1. The maximum Gasteiger partial charge on any atom is 0.410 e. The van der Waals surface area contributed by atoms with Gasteiger partial charge in [0.15, 0.2) is 6.61 Å². The molecule has 1 fully saturated rings. The minimum atomic E-state index is -0.652. The van der Waals surface area contributed by atoms with Gasteiger partial charge in [-0.2, -0.15) is 0 Å². The zero-order valence-corrected chi connectivity index (χ0v) is 17.6. The van der Waals surface area contributed by atoms with Gasteiger partial charge in [-0.15, -0.1) is 0 Å². The quantitative estimate of drug-likeness (QED) is 0.749. The highest BCUT2D eigenvalue weighted by Gasteiger charge is 2.29. The van der Waals surface area contributed by atoms with Crippen molar-refractivity contribution in [2.24, 2.45) is 5.73 Å². The van der Waals surface area contributed by atoms with E-state index in [4.69, 9.17) is 10.5 Å². The van der Waals surface area contributed by atoms with Crippen molar-refractivity contribution in [3.8, 4) is 0 Å². The molecule has 3 heterocycles. The lowest BCUT2D eigenvalue weighted by Gasteiger charge is -2.38. The summed E-state index contributed by atoms with van der Waals surface area (Å²) in [6, 6.07) is 8.33. The molecule has 8 heteroatoms. The molecule has 2 aromatic rings. The Kier molecular flexibility index (Phi) is 7.35. The van der Waals surface area contributed by atoms with Gasteiger partial charge in [-0.25, -0.2) is 4.79 Å². The summed E-state index contributed by atoms with van der Waals surface area (Å²) in [7, 11) is 0. The molecule has 2 amide bonds. The Morgan fingerprint density at radius 1 is 1.07 bits per heavy atom. The number of piperidine rings is 1. The van der Waals surface area contributed by atoms with Crippen LogP contribution < -0.4 is 5.73 Å². The van der Waals surface area contributed by atoms with Crippen molar-refractivity contribution in [1.29, 1.82) is 0 Å². The number of rotatable bonds is 7. The first-order valence-electron chi connectivity index (χ1n) is 10.2. The van der Waals surface area contributed by atoms with E-state index in [0.29, 0.717) is 13.1 Å². The third-order valence-corrected chi connectivity index (χ3v) is 5.52. The van der Waals surface area contributed by atoms with Gasteiger partial charge in [-0.3, -0.25) is 19.7 Å². The molecule has 2 aromatic heterocycles. The molecule has 0 atom stereocenters. The fourth-order valence-electron chi connectivity index (χ4n) is 3.70. The summed E-state index contributed by atoms with van der Waals surface area (Å²) in [5.74, 6) is -0.652. The van der Waals surface area contributed by atoms with Gasteiger partial charge < -0.3 is 15.4 Å². The predicted molar refractivity (Wildman–Crippen MR) is 112 cm³/mol. The molecule has 1 aliphatic heterocycles. The van der Waals surface area contributed by atoms with Crippen LogP contribution in [0.25, 0.3) is 0 Å². The predicted octanol–water partition coefficient (Wildman–Crippen LogP) is 2.18. The number of hydrogen-bond acceptors (Lipinski definition) is 6. The fraction of sp³-hybridized carbons (Fsp3) is 0.455. The van der Waals surface area contributed by atoms with E-state index in [1.54, 1.807) is 4.90 Å². The minimum absolute atomic E-state index is 0.285. The summed E-state index contributed by atoms with van der Waals surface area (Å²) < 4.78 is 4.94. The molecule has 0 aliphatic carbocycles. The lowest BCUT2D eigenvalue weighted by Crippen LogP contribution is -2.47. The highest BCUT2D eigenvalue weighted by atomic mass is 16.6. The number of pyridine rings is 2. The first-order chi connectivity index (χ1) is 14.4. The number of likely N-dealkylation sites (tertiary alicyclic amines) is 1. The minimum Gasteiger partial charge on any atom is -0.439 e. The monoisotopic (exact) mass is 411 g/mol. The second-order valence-electron chi connectivity index (χ2n) is 7.68. The summed E-state index contributed by atoms with van der Waals surface area (Å²) in [5.41, 5.74) is 9.47. The van der Waals surface area contributed by atoms with Gasteiger partial charge in [0.05, 0.1) is 11.4 Å². The first kappa shape index (κ1) is 21.7. The lowest BCUT2D eigenvalue weighted by atomic mass is 10.0. The van der Waals surface area contributed by atoms with Crippen molar-refractivity contribution >= 4 is 12.0 Å². The number of primary amides is 1. The van der Waals surface area contributed by atoms with E-state index < -0.39 is 12.0 Å². The third kappa shape index (κ3) is 5.76. The van der Waals surface area contributed by atoms with Gasteiger partial charge in [-0.05, 0) is 49.9 Å². The van der Waals surface area contributed by atoms with Crippen LogP contribution in [0.4, 0.5) is 4.79 Å². The Balaban J connectivity index is 1.69. The van der Waals surface area contributed by atoms with Crippen LogP contribution in [-0.2, 0) is 22.6 Å². The Bertz CT molecular complexity index is 833. The number of carbonyl (C=O) groups excluding carboxylic acids is 2. The van der Waals surface area contributed by atoms with Crippen LogP contribution >= 0.6 is 0 Å². The molecule has 160 valence electrons. The Morgan fingerprint density at radius 2 is 1.60 bits per heavy atom. The molecule has 0 bridgehead atoms. The normalized spacial score (nSPS) is 14.7. The Labute approximate surface area is 177 Å². The first-order valence-corrected chi connectivity index (χ1v) is 10.2. The van der Waals surface area contributed by atoms with Gasteiger partial charge in [0, 0.05) is 44.6 Å². The van der Waals surface area contributed by atoms with E-state index in [1.807, 2.05) is 24.5 Å². The van der Waals surface area contributed by atoms with E-state index in [9.17, 15) is 9.59 Å². The van der Waals surface area contributed by atoms with Gasteiger partial charge in [0.2, 0.25) is 0 Å². The van der Waals surface area contributed by atoms with Crippen molar-refractivity contribution in [1.82, 2.24) is 19.8 Å². The van der Waals surface area contributed by atoms with Crippen molar-refractivity contribution in [3.63, 3.8) is 0 Å². The average molecular weight is 412 g/mol. The van der Waals surface area contributed by atoms with E-state index in [-0.39, 0.29) is 12.6 Å². The molecule has 3 rings (SSSR count). The van der Waals surface area contributed by atoms with E-state index in [2.05, 4.69) is 40.8 Å². The summed E-state index contributed by atoms with van der Waals surface area (Å²) in [6.07, 6.45) is 4.78. The molecular formula is C22H29N5O3. The molecule has 0 radical (unpaired) electrons. The van der Waals surface area contributed by atoms with Crippen LogP contribution in [0.3, 0.4) is 0 Å². The third-order valence-electron chi connectivity index (χ3n) is 5.52. The molecule has 1 aliphatic rings. The van der Waals surface area contributed by atoms with Crippen molar-refractivity contribution in [3.05, 3.63) is 59.2 Å². The Hall–Kier alpha value is -3.00. The van der Waals surface area contributed by atoms with Crippen LogP contribution in [0.5, 0.6) is 0 Å². The van der Waals surface area contributed by atoms with Crippen LogP contribution in [0.2, 0.25) is 0 Å². The van der Waals surface area contributed by atoms with Crippen molar-refractivity contribution in [2.75, 3.05) is 19.7 Å². The molecular weight excluding hydrogens is 382 g/mol. The molecule has 30 heavy (non-hydrogen) atoms. The fourth-order valence-corrected chi connectivity index (χ4v) is 3.70. The number of hydrogen-bond donors (Lipinski definition) is 1. The standard InChI is InChI=1S/C22H29N5O3/c1-16-5-3-9-24-19(16)13-27(14-20-17(2)6-4-10-25-20)18-7-11-26(12-8-18)22(29)30-15-21(23)28/h3-6,9-10,18H,7-8,11-15H2,1-2H3,(H2,23,28). The molecule has 2 N–H and O–H groups in total. The molecule has 0 saturated carbocycles. The van der Waals surface area contributed by atoms with Crippen LogP contribution in [0, 0.1) is 13.8 Å². The van der Waals surface area contributed by atoms with Crippen LogP contribution in [-0.4, -0.2) is 57.5 Å². The molecule has 0 aromatic carbocycles. The number of amides is 2. The van der Waals surface area contributed by atoms with Crippen molar-refractivity contribution < 1.29 is 14.3 Å². The van der Waals surface area contributed by atoms with Gasteiger partial charge >= 0.3 is 6.09 Å². The lowest BCUT2D eigenvalue weighted by molar-refractivity contribution is -0.121. The molecule has 8 nitrogen and oxygen atoms in total. The summed E-state index contributed by atoms with van der Waals surface area (Å²) in [4.78, 5) is 36.1.